The molecule has 3 N–H and O–H groups in total. The molecule has 2 aliphatic carbocycles. The van der Waals surface area contributed by atoms with Crippen LogP contribution in [0.25, 0.3) is 11.0 Å². The first kappa shape index (κ1) is 13.0. The summed E-state index contributed by atoms with van der Waals surface area (Å²) in [4.78, 5) is 16.9. The summed E-state index contributed by atoms with van der Waals surface area (Å²) in [6, 6.07) is 6.48. The van der Waals surface area contributed by atoms with Gasteiger partial charge in [0, 0.05) is 23.8 Å². The number of H-pyrrole nitrogens is 2. The van der Waals surface area contributed by atoms with Crippen molar-refractivity contribution in [1.29, 1.82) is 0 Å². The maximum Gasteiger partial charge on any atom is 0.323 e. The van der Waals surface area contributed by atoms with E-state index in [1.54, 1.807) is 0 Å². The van der Waals surface area contributed by atoms with Crippen molar-refractivity contribution in [2.45, 2.75) is 44.8 Å². The molecule has 2 fully saturated rings. The molecular formula is C16H21N3O2. The Bertz CT molecular complexity index is 714. The van der Waals surface area contributed by atoms with Gasteiger partial charge in [-0.1, -0.05) is 6.42 Å². The summed E-state index contributed by atoms with van der Waals surface area (Å²) in [5, 5.41) is 3.64. The Morgan fingerprint density at radius 3 is 2.86 bits per heavy atom. The highest BCUT2D eigenvalue weighted by Crippen LogP contribution is 2.58. The summed E-state index contributed by atoms with van der Waals surface area (Å²) in [6.07, 6.45) is 5.34. The van der Waals surface area contributed by atoms with Crippen molar-refractivity contribution < 1.29 is 4.74 Å². The molecule has 2 saturated carbocycles. The highest BCUT2D eigenvalue weighted by molar-refractivity contribution is 5.78. The fraction of sp³-hybridized carbons (Fsp3) is 0.562. The van der Waals surface area contributed by atoms with Crippen LogP contribution in [0.1, 0.15) is 32.6 Å². The Morgan fingerprint density at radius 1 is 1.33 bits per heavy atom. The van der Waals surface area contributed by atoms with Crippen LogP contribution in [0.3, 0.4) is 0 Å². The van der Waals surface area contributed by atoms with Crippen molar-refractivity contribution in [3.63, 3.8) is 0 Å². The molecule has 2 atom stereocenters. The molecule has 0 amide bonds. The topological polar surface area (TPSA) is 69.9 Å². The van der Waals surface area contributed by atoms with E-state index in [0.717, 1.165) is 29.7 Å². The predicted octanol–water partition coefficient (Wildman–Crippen LogP) is 2.62. The van der Waals surface area contributed by atoms with E-state index < -0.39 is 0 Å². The number of ether oxygens (including phenoxy) is 1. The van der Waals surface area contributed by atoms with E-state index >= 15 is 0 Å². The van der Waals surface area contributed by atoms with Crippen LogP contribution in [0, 0.1) is 5.41 Å². The summed E-state index contributed by atoms with van der Waals surface area (Å²) >= 11 is 0. The molecule has 1 spiro atoms. The van der Waals surface area contributed by atoms with Crippen molar-refractivity contribution in [3.05, 3.63) is 28.7 Å². The van der Waals surface area contributed by atoms with Crippen molar-refractivity contribution in [2.24, 2.45) is 5.41 Å². The van der Waals surface area contributed by atoms with E-state index in [1.807, 2.05) is 18.2 Å². The van der Waals surface area contributed by atoms with Crippen LogP contribution in [0.2, 0.25) is 0 Å². The molecule has 5 nitrogen and oxygen atoms in total. The third-order valence-electron chi connectivity index (χ3n) is 5.29. The van der Waals surface area contributed by atoms with Crippen molar-refractivity contribution >= 4 is 16.7 Å². The summed E-state index contributed by atoms with van der Waals surface area (Å²) < 4.78 is 5.88. The van der Waals surface area contributed by atoms with Gasteiger partial charge in [-0.05, 0) is 44.4 Å². The largest absolute Gasteiger partial charge is 0.381 e. The third-order valence-corrected chi connectivity index (χ3v) is 5.29. The maximum absolute atomic E-state index is 11.3. The summed E-state index contributed by atoms with van der Waals surface area (Å²) in [7, 11) is 0. The van der Waals surface area contributed by atoms with E-state index in [9.17, 15) is 4.79 Å². The van der Waals surface area contributed by atoms with Gasteiger partial charge in [-0.25, -0.2) is 4.79 Å². The fourth-order valence-corrected chi connectivity index (χ4v) is 3.96. The molecule has 2 unspecified atom stereocenters. The predicted molar refractivity (Wildman–Crippen MR) is 82.6 cm³/mol. The van der Waals surface area contributed by atoms with Gasteiger partial charge >= 0.3 is 5.69 Å². The molecule has 0 saturated heterocycles. The number of hydrogen-bond acceptors (Lipinski definition) is 3. The van der Waals surface area contributed by atoms with Gasteiger partial charge in [-0.3, -0.25) is 0 Å². The van der Waals surface area contributed by atoms with Crippen molar-refractivity contribution in [1.82, 2.24) is 9.97 Å². The maximum atomic E-state index is 11.3. The fourth-order valence-electron chi connectivity index (χ4n) is 3.96. The lowest BCUT2D eigenvalue weighted by atomic mass is 9.51. The first-order valence-electron chi connectivity index (χ1n) is 7.81. The average molecular weight is 287 g/mol. The lowest BCUT2D eigenvalue weighted by Gasteiger charge is -2.61. The second-order valence-electron chi connectivity index (χ2n) is 6.30. The molecule has 0 aliphatic heterocycles. The zero-order valence-corrected chi connectivity index (χ0v) is 12.2. The van der Waals surface area contributed by atoms with E-state index in [2.05, 4.69) is 22.2 Å². The van der Waals surface area contributed by atoms with Gasteiger partial charge in [-0.2, -0.15) is 0 Å². The van der Waals surface area contributed by atoms with Gasteiger partial charge in [0.15, 0.2) is 0 Å². The van der Waals surface area contributed by atoms with Crippen LogP contribution in [-0.2, 0) is 4.74 Å². The van der Waals surface area contributed by atoms with Crippen LogP contribution < -0.4 is 11.0 Å². The number of nitrogens with one attached hydrogen (secondary N) is 3. The zero-order valence-electron chi connectivity index (χ0n) is 12.2. The van der Waals surface area contributed by atoms with Crippen molar-refractivity contribution in [2.75, 3.05) is 11.9 Å². The van der Waals surface area contributed by atoms with E-state index in [4.69, 9.17) is 4.74 Å². The number of benzene rings is 1. The monoisotopic (exact) mass is 287 g/mol. The number of rotatable bonds is 4. The Kier molecular flexibility index (Phi) is 2.85. The quantitative estimate of drug-likeness (QED) is 0.809. The van der Waals surface area contributed by atoms with Crippen LogP contribution in [0.15, 0.2) is 23.0 Å². The molecule has 1 aromatic heterocycles. The van der Waals surface area contributed by atoms with Gasteiger partial charge in [0.1, 0.15) is 0 Å². The van der Waals surface area contributed by atoms with E-state index in [0.29, 0.717) is 17.6 Å². The number of fused-ring (bicyclic) bond motifs is 1. The van der Waals surface area contributed by atoms with Crippen LogP contribution in [-0.4, -0.2) is 28.7 Å². The number of anilines is 1. The second-order valence-corrected chi connectivity index (χ2v) is 6.30. The average Bonchev–Trinajstić information content (AvgIpc) is 2.74. The van der Waals surface area contributed by atoms with Crippen LogP contribution in [0.5, 0.6) is 0 Å². The first-order chi connectivity index (χ1) is 10.2. The van der Waals surface area contributed by atoms with Gasteiger partial charge in [0.2, 0.25) is 0 Å². The molecule has 0 radical (unpaired) electrons. The van der Waals surface area contributed by atoms with Gasteiger partial charge < -0.3 is 20.0 Å². The zero-order chi connectivity index (χ0) is 14.4. The third kappa shape index (κ3) is 1.91. The minimum absolute atomic E-state index is 0.155. The smallest absolute Gasteiger partial charge is 0.323 e. The number of hydrogen-bond donors (Lipinski definition) is 3. The summed E-state index contributed by atoms with van der Waals surface area (Å²) in [5.74, 6) is 0. The molecular weight excluding hydrogens is 266 g/mol. The minimum atomic E-state index is -0.155. The minimum Gasteiger partial charge on any atom is -0.381 e. The van der Waals surface area contributed by atoms with Crippen LogP contribution >= 0.6 is 0 Å². The van der Waals surface area contributed by atoms with Gasteiger partial charge in [0.05, 0.1) is 17.1 Å². The lowest BCUT2D eigenvalue weighted by Crippen LogP contribution is -2.64. The summed E-state index contributed by atoms with van der Waals surface area (Å²) in [5.41, 5.74) is 2.97. The molecule has 0 bridgehead atoms. The molecule has 112 valence electrons. The Labute approximate surface area is 123 Å². The molecule has 5 heteroatoms. The molecule has 2 aliphatic rings. The number of imidazole rings is 1. The Balaban J connectivity index is 1.53. The molecule has 21 heavy (non-hydrogen) atoms. The normalized spacial score (nSPS) is 26.5. The molecule has 1 heterocycles. The molecule has 1 aromatic carbocycles. The van der Waals surface area contributed by atoms with Gasteiger partial charge in [0.25, 0.3) is 0 Å². The van der Waals surface area contributed by atoms with E-state index in [1.165, 1.54) is 19.3 Å². The molecule has 2 aromatic rings. The first-order valence-corrected chi connectivity index (χ1v) is 7.81. The Morgan fingerprint density at radius 2 is 2.14 bits per heavy atom. The SMILES string of the molecule is CCOC1CC(Nc2ccc3[nH]c(=O)[nH]c3c2)C12CCC2. The Hall–Kier alpha value is -1.75. The lowest BCUT2D eigenvalue weighted by molar-refractivity contribution is -0.157. The van der Waals surface area contributed by atoms with E-state index in [-0.39, 0.29) is 5.69 Å². The van der Waals surface area contributed by atoms with Gasteiger partial charge in [-0.15, -0.1) is 0 Å². The summed E-state index contributed by atoms with van der Waals surface area (Å²) in [6.45, 7) is 2.87. The number of aromatic amines is 2. The van der Waals surface area contributed by atoms with Crippen molar-refractivity contribution in [3.8, 4) is 0 Å². The highest BCUT2D eigenvalue weighted by atomic mass is 16.5. The standard InChI is InChI=1S/C16H21N3O2/c1-2-21-14-9-13(16(14)6-3-7-16)17-10-4-5-11-12(8-10)19-15(20)18-11/h4-5,8,13-14,17H,2-3,6-7,9H2,1H3,(H2,18,19,20). The molecule has 4 rings (SSSR count). The second kappa shape index (κ2) is 4.63. The van der Waals surface area contributed by atoms with Crippen LogP contribution in [0.4, 0.5) is 5.69 Å². The highest BCUT2D eigenvalue weighted by Gasteiger charge is 2.58. The number of aromatic nitrogens is 2.